The molecule has 0 heterocycles. The van der Waals surface area contributed by atoms with E-state index < -0.39 is 26.3 Å². The molecule has 0 aliphatic heterocycles. The molecule has 0 bridgehead atoms. The Morgan fingerprint density at radius 3 is 1.77 bits per heavy atom. The molecule has 0 spiro atoms. The molecular formula is C3H3F6O3P. The van der Waals surface area contributed by atoms with Crippen LogP contribution < -0.4 is 0 Å². The van der Waals surface area contributed by atoms with Crippen molar-refractivity contribution in [2.24, 2.45) is 0 Å². The highest BCUT2D eigenvalue weighted by Crippen LogP contribution is 2.51. The van der Waals surface area contributed by atoms with Gasteiger partial charge in [-0.05, 0) is 0 Å². The average Bonchev–Trinajstić information content (AvgIpc) is 1.43. The van der Waals surface area contributed by atoms with Gasteiger partial charge in [0.1, 0.15) is 6.16 Å². The fraction of sp³-hybridized carbons (Fsp3) is 1.00. The summed E-state index contributed by atoms with van der Waals surface area (Å²) in [6.07, 6.45) is -13.3. The van der Waals surface area contributed by atoms with E-state index in [1.807, 2.05) is 0 Å². The monoisotopic (exact) mass is 232 g/mol. The maximum Gasteiger partial charge on any atom is 0.529 e. The highest BCUT2D eigenvalue weighted by molar-refractivity contribution is 7.52. The highest BCUT2D eigenvalue weighted by Gasteiger charge is 2.46. The van der Waals surface area contributed by atoms with Crippen LogP contribution in [0.1, 0.15) is 0 Å². The Kier molecular flexibility index (Phi) is 3.40. The van der Waals surface area contributed by atoms with Crippen LogP contribution in [-0.4, -0.2) is 23.6 Å². The highest BCUT2D eigenvalue weighted by atomic mass is 31.2. The largest absolute Gasteiger partial charge is 0.529 e. The van der Waals surface area contributed by atoms with Crippen molar-refractivity contribution < 1.29 is 40.3 Å². The molecule has 0 aromatic carbocycles. The van der Waals surface area contributed by atoms with Gasteiger partial charge >= 0.3 is 20.1 Å². The van der Waals surface area contributed by atoms with E-state index in [-0.39, 0.29) is 0 Å². The first kappa shape index (κ1) is 12.7. The first-order valence-electron chi connectivity index (χ1n) is 2.57. The van der Waals surface area contributed by atoms with E-state index >= 15 is 0 Å². The third-order valence-electron chi connectivity index (χ3n) is 0.625. The predicted octanol–water partition coefficient (Wildman–Crippen LogP) is 2.27. The Hall–Kier alpha value is -0.270. The van der Waals surface area contributed by atoms with Gasteiger partial charge in [0.25, 0.3) is 0 Å². The summed E-state index contributed by atoms with van der Waals surface area (Å²) in [5.41, 5.74) is 0. The van der Waals surface area contributed by atoms with Crippen LogP contribution in [0.5, 0.6) is 0 Å². The van der Waals surface area contributed by atoms with Gasteiger partial charge < -0.3 is 4.89 Å². The molecule has 80 valence electrons. The van der Waals surface area contributed by atoms with Crippen LogP contribution in [0.2, 0.25) is 0 Å². The fourth-order valence-corrected chi connectivity index (χ4v) is 1.26. The van der Waals surface area contributed by atoms with Crippen LogP contribution in [-0.2, 0) is 9.09 Å². The van der Waals surface area contributed by atoms with Crippen LogP contribution >= 0.6 is 7.60 Å². The lowest BCUT2D eigenvalue weighted by Gasteiger charge is -2.14. The minimum absolute atomic E-state index is 2.39. The minimum atomic E-state index is -5.69. The van der Waals surface area contributed by atoms with E-state index in [0.29, 0.717) is 0 Å². The van der Waals surface area contributed by atoms with Gasteiger partial charge in [-0.1, -0.05) is 0 Å². The lowest BCUT2D eigenvalue weighted by Crippen LogP contribution is -2.19. The molecule has 0 aliphatic rings. The van der Waals surface area contributed by atoms with E-state index in [1.165, 1.54) is 0 Å². The summed E-state index contributed by atoms with van der Waals surface area (Å²) in [6, 6.07) is 0. The van der Waals surface area contributed by atoms with Crippen LogP contribution in [0.25, 0.3) is 0 Å². The van der Waals surface area contributed by atoms with Crippen LogP contribution in [0, 0.1) is 0 Å². The van der Waals surface area contributed by atoms with E-state index in [4.69, 9.17) is 4.89 Å². The summed E-state index contributed by atoms with van der Waals surface area (Å²) in [5, 5.41) is 0. The average molecular weight is 232 g/mol. The molecule has 0 amide bonds. The Morgan fingerprint density at radius 2 is 1.54 bits per heavy atom. The fourth-order valence-electron chi connectivity index (χ4n) is 0.421. The van der Waals surface area contributed by atoms with Gasteiger partial charge in [0.15, 0.2) is 0 Å². The molecule has 10 heteroatoms. The smallest absolute Gasteiger partial charge is 0.324 e. The summed E-state index contributed by atoms with van der Waals surface area (Å²) in [7, 11) is -5.69. The Labute approximate surface area is 67.8 Å². The molecule has 0 saturated heterocycles. The summed E-state index contributed by atoms with van der Waals surface area (Å²) in [4.78, 5) is 8.08. The zero-order chi connectivity index (χ0) is 10.9. The molecule has 3 nitrogen and oxygen atoms in total. The third kappa shape index (κ3) is 8.07. The normalized spacial score (nSPS) is 18.4. The Bertz CT molecular complexity index is 198. The minimum Gasteiger partial charge on any atom is -0.324 e. The molecule has 13 heavy (non-hydrogen) atoms. The van der Waals surface area contributed by atoms with Crippen molar-refractivity contribution in [3.63, 3.8) is 0 Å². The topological polar surface area (TPSA) is 46.5 Å². The van der Waals surface area contributed by atoms with E-state index in [2.05, 4.69) is 4.52 Å². The molecule has 1 atom stereocenters. The van der Waals surface area contributed by atoms with Crippen molar-refractivity contribution in [1.29, 1.82) is 0 Å². The van der Waals surface area contributed by atoms with Gasteiger partial charge in [0.05, 0.1) is 0 Å². The lowest BCUT2D eigenvalue weighted by molar-refractivity contribution is -0.278. The number of alkyl halides is 6. The molecule has 0 rings (SSSR count). The second-order valence-electron chi connectivity index (χ2n) is 1.95. The molecule has 0 fully saturated rings. The maximum absolute atomic E-state index is 11.3. The maximum atomic E-state index is 11.3. The van der Waals surface area contributed by atoms with E-state index in [1.54, 1.807) is 0 Å². The van der Waals surface area contributed by atoms with Crippen molar-refractivity contribution in [3.8, 4) is 0 Å². The summed E-state index contributed by atoms with van der Waals surface area (Å²) < 4.78 is 80.2. The van der Waals surface area contributed by atoms with Crippen molar-refractivity contribution in [2.75, 3.05) is 6.16 Å². The summed E-state index contributed by atoms with van der Waals surface area (Å²) in [6.45, 7) is 0. The van der Waals surface area contributed by atoms with Crippen LogP contribution in [0.4, 0.5) is 26.3 Å². The number of hydrogen-bond acceptors (Lipinski definition) is 2. The second-order valence-corrected chi connectivity index (χ2v) is 3.72. The van der Waals surface area contributed by atoms with Crippen LogP contribution in [0.3, 0.4) is 0 Å². The van der Waals surface area contributed by atoms with Crippen molar-refractivity contribution in [2.45, 2.75) is 12.5 Å². The van der Waals surface area contributed by atoms with Gasteiger partial charge in [-0.2, -0.15) is 13.2 Å². The van der Waals surface area contributed by atoms with Gasteiger partial charge in [0, 0.05) is 0 Å². The lowest BCUT2D eigenvalue weighted by atomic mass is 10.8. The predicted molar refractivity (Wildman–Crippen MR) is 27.9 cm³/mol. The quantitative estimate of drug-likeness (QED) is 0.586. The van der Waals surface area contributed by atoms with Crippen molar-refractivity contribution in [1.82, 2.24) is 0 Å². The molecule has 0 aromatic heterocycles. The molecule has 0 aromatic rings. The Morgan fingerprint density at radius 1 is 1.15 bits per heavy atom. The Balaban J connectivity index is 4.35. The van der Waals surface area contributed by atoms with Gasteiger partial charge in [-0.15, -0.1) is 13.2 Å². The van der Waals surface area contributed by atoms with Gasteiger partial charge in [-0.25, -0.2) is 4.52 Å². The first-order chi connectivity index (χ1) is 5.41. The molecule has 1 N–H and O–H groups in total. The molecule has 1 unspecified atom stereocenters. The molecule has 0 saturated carbocycles. The standard InChI is InChI=1S/C3H3F6O3P/c4-2(5,6)1-13(10,11)12-3(7,8)9/h1H2,(H,10,11). The summed E-state index contributed by atoms with van der Waals surface area (Å²) in [5.74, 6) is 0. The van der Waals surface area contributed by atoms with Gasteiger partial charge in [-0.3, -0.25) is 4.57 Å². The molecule has 0 aliphatic carbocycles. The zero-order valence-electron chi connectivity index (χ0n) is 5.69. The first-order valence-corrected chi connectivity index (χ1v) is 4.34. The number of hydrogen-bond donors (Lipinski definition) is 1. The van der Waals surface area contributed by atoms with Crippen molar-refractivity contribution >= 4 is 7.60 Å². The van der Waals surface area contributed by atoms with E-state index in [9.17, 15) is 30.9 Å². The third-order valence-corrected chi connectivity index (χ3v) is 1.88. The molecule has 0 radical (unpaired) electrons. The zero-order valence-corrected chi connectivity index (χ0v) is 6.58. The van der Waals surface area contributed by atoms with Gasteiger partial charge in [0.2, 0.25) is 0 Å². The van der Waals surface area contributed by atoms with E-state index in [0.717, 1.165) is 0 Å². The number of rotatable bonds is 2. The van der Waals surface area contributed by atoms with Crippen molar-refractivity contribution in [3.05, 3.63) is 0 Å². The second kappa shape index (κ2) is 3.47. The summed E-state index contributed by atoms with van der Waals surface area (Å²) >= 11 is 0. The molecular weight excluding hydrogens is 229 g/mol. The van der Waals surface area contributed by atoms with Crippen LogP contribution in [0.15, 0.2) is 0 Å². The number of halogens is 6. The SMILES string of the molecule is O=P(O)(CC(F)(F)F)OC(F)(F)F.